The molecular weight excluding hydrogens is 413 g/mol. The first-order valence-corrected chi connectivity index (χ1v) is 8.59. The first kappa shape index (κ1) is 21.0. The Morgan fingerprint density at radius 1 is 1.33 bits per heavy atom. The van der Waals surface area contributed by atoms with Crippen molar-refractivity contribution < 1.29 is 0 Å². The first-order chi connectivity index (χ1) is 11.1. The zero-order valence-electron chi connectivity index (χ0n) is 15.4. The predicted molar refractivity (Wildman–Crippen MR) is 115 cm³/mol. The average Bonchev–Trinajstić information content (AvgIpc) is 3.02. The van der Waals surface area contributed by atoms with Crippen LogP contribution in [-0.4, -0.2) is 57.7 Å². The van der Waals surface area contributed by atoms with E-state index in [2.05, 4.69) is 70.7 Å². The van der Waals surface area contributed by atoms with Crippen LogP contribution < -0.4 is 15.5 Å². The Morgan fingerprint density at radius 3 is 2.79 bits per heavy atom. The minimum atomic E-state index is 0. The van der Waals surface area contributed by atoms with Crippen molar-refractivity contribution in [3.8, 4) is 0 Å². The van der Waals surface area contributed by atoms with E-state index in [9.17, 15) is 0 Å². The van der Waals surface area contributed by atoms with Gasteiger partial charge in [0.2, 0.25) is 0 Å². The molecule has 0 spiro atoms. The van der Waals surface area contributed by atoms with Crippen LogP contribution in [0.5, 0.6) is 0 Å². The second-order valence-corrected chi connectivity index (χ2v) is 6.30. The lowest BCUT2D eigenvalue weighted by Gasteiger charge is -2.24. The molecule has 0 saturated carbocycles. The number of rotatable bonds is 6. The van der Waals surface area contributed by atoms with Crippen molar-refractivity contribution >= 4 is 35.6 Å². The predicted octanol–water partition coefficient (Wildman–Crippen LogP) is 2.52. The quantitative estimate of drug-likeness (QED) is 0.401. The van der Waals surface area contributed by atoms with Gasteiger partial charge in [0.25, 0.3) is 0 Å². The maximum Gasteiger partial charge on any atom is 0.191 e. The van der Waals surface area contributed by atoms with Crippen LogP contribution in [-0.2, 0) is 6.54 Å². The van der Waals surface area contributed by atoms with E-state index in [-0.39, 0.29) is 24.0 Å². The van der Waals surface area contributed by atoms with Crippen molar-refractivity contribution in [3.05, 3.63) is 29.8 Å². The van der Waals surface area contributed by atoms with Gasteiger partial charge in [-0.25, -0.2) is 0 Å². The minimum Gasteiger partial charge on any atom is -0.378 e. The molecule has 1 aliphatic heterocycles. The molecule has 1 unspecified atom stereocenters. The third-order valence-electron chi connectivity index (χ3n) is 4.52. The van der Waals surface area contributed by atoms with E-state index in [1.165, 1.54) is 30.6 Å². The number of hydrogen-bond acceptors (Lipinski definition) is 3. The Bertz CT molecular complexity index is 518. The molecular formula is C18H32IN5. The highest BCUT2D eigenvalue weighted by Gasteiger charge is 2.22. The summed E-state index contributed by atoms with van der Waals surface area (Å²) < 4.78 is 0. The van der Waals surface area contributed by atoms with E-state index in [4.69, 9.17) is 0 Å². The van der Waals surface area contributed by atoms with E-state index in [0.717, 1.165) is 25.6 Å². The van der Waals surface area contributed by atoms with Gasteiger partial charge < -0.3 is 15.5 Å². The molecule has 1 aromatic carbocycles. The van der Waals surface area contributed by atoms with Gasteiger partial charge in [-0.2, -0.15) is 0 Å². The molecule has 1 heterocycles. The van der Waals surface area contributed by atoms with Crippen molar-refractivity contribution in [1.82, 2.24) is 15.5 Å². The first-order valence-electron chi connectivity index (χ1n) is 8.59. The zero-order valence-corrected chi connectivity index (χ0v) is 17.7. The number of aliphatic imine (C=N–C) groups is 1. The Morgan fingerprint density at radius 2 is 2.12 bits per heavy atom. The molecule has 1 aromatic rings. The number of guanidine groups is 1. The number of hydrogen-bond donors (Lipinski definition) is 2. The normalized spacial score (nSPS) is 18.2. The van der Waals surface area contributed by atoms with Crippen LogP contribution in [0.25, 0.3) is 0 Å². The number of likely N-dealkylation sites (N-methyl/N-ethyl adjacent to an activating group) is 1. The van der Waals surface area contributed by atoms with Gasteiger partial charge in [0.15, 0.2) is 5.96 Å². The van der Waals surface area contributed by atoms with Crippen LogP contribution in [0.2, 0.25) is 0 Å². The zero-order chi connectivity index (χ0) is 16.7. The Hall–Kier alpha value is -1.02. The van der Waals surface area contributed by atoms with Gasteiger partial charge in [0, 0.05) is 46.0 Å². The fourth-order valence-corrected chi connectivity index (χ4v) is 3.11. The Kier molecular flexibility index (Phi) is 9.43. The summed E-state index contributed by atoms with van der Waals surface area (Å²) in [5.74, 6) is 0.878. The van der Waals surface area contributed by atoms with Gasteiger partial charge >= 0.3 is 0 Å². The van der Waals surface area contributed by atoms with Gasteiger partial charge in [-0.3, -0.25) is 9.89 Å². The van der Waals surface area contributed by atoms with E-state index in [1.54, 1.807) is 0 Å². The summed E-state index contributed by atoms with van der Waals surface area (Å²) in [6.45, 7) is 6.35. The van der Waals surface area contributed by atoms with Gasteiger partial charge in [-0.05, 0) is 43.6 Å². The van der Waals surface area contributed by atoms with Gasteiger partial charge in [0.1, 0.15) is 0 Å². The molecule has 1 saturated heterocycles. The van der Waals surface area contributed by atoms with Crippen molar-refractivity contribution in [2.75, 3.05) is 45.7 Å². The van der Waals surface area contributed by atoms with Gasteiger partial charge in [-0.1, -0.05) is 19.1 Å². The largest absolute Gasteiger partial charge is 0.378 e. The minimum absolute atomic E-state index is 0. The summed E-state index contributed by atoms with van der Waals surface area (Å²) in [4.78, 5) is 9.00. The maximum atomic E-state index is 4.34. The van der Waals surface area contributed by atoms with Crippen LogP contribution in [0.4, 0.5) is 5.69 Å². The van der Waals surface area contributed by atoms with Crippen molar-refractivity contribution in [2.45, 2.75) is 32.4 Å². The number of halogens is 1. The molecule has 0 aromatic heterocycles. The molecule has 2 rings (SSSR count). The van der Waals surface area contributed by atoms with Crippen molar-refractivity contribution in [3.63, 3.8) is 0 Å². The lowest BCUT2D eigenvalue weighted by Crippen LogP contribution is -2.44. The molecule has 0 amide bonds. The molecule has 1 aliphatic rings. The van der Waals surface area contributed by atoms with E-state index < -0.39 is 0 Å². The number of anilines is 1. The summed E-state index contributed by atoms with van der Waals surface area (Å²) in [6, 6.07) is 9.20. The standard InChI is InChI=1S/C18H31N5.HI/c1-5-23-11-7-10-17(23)14-21-18(19-2)20-13-15-8-6-9-16(12-15)22(3)4;/h6,8-9,12,17H,5,7,10-11,13-14H2,1-4H3,(H2,19,20,21);1H. The van der Waals surface area contributed by atoms with Crippen LogP contribution in [0.15, 0.2) is 29.3 Å². The third kappa shape index (κ3) is 6.12. The molecule has 2 N–H and O–H groups in total. The van der Waals surface area contributed by atoms with Crippen LogP contribution in [0.1, 0.15) is 25.3 Å². The van der Waals surface area contributed by atoms with Crippen LogP contribution >= 0.6 is 24.0 Å². The topological polar surface area (TPSA) is 42.9 Å². The van der Waals surface area contributed by atoms with E-state index in [1.807, 2.05) is 7.05 Å². The lowest BCUT2D eigenvalue weighted by atomic mass is 10.2. The SMILES string of the molecule is CCN1CCCC1CNC(=NC)NCc1cccc(N(C)C)c1.I. The highest BCUT2D eigenvalue weighted by Crippen LogP contribution is 2.15. The summed E-state index contributed by atoms with van der Waals surface area (Å²) in [6.07, 6.45) is 2.59. The smallest absolute Gasteiger partial charge is 0.191 e. The highest BCUT2D eigenvalue weighted by molar-refractivity contribution is 14.0. The fraction of sp³-hybridized carbons (Fsp3) is 0.611. The van der Waals surface area contributed by atoms with Crippen molar-refractivity contribution in [1.29, 1.82) is 0 Å². The summed E-state index contributed by atoms with van der Waals surface area (Å²) >= 11 is 0. The second-order valence-electron chi connectivity index (χ2n) is 6.30. The lowest BCUT2D eigenvalue weighted by molar-refractivity contribution is 0.267. The molecule has 1 fully saturated rings. The molecule has 0 bridgehead atoms. The number of benzene rings is 1. The molecule has 0 radical (unpaired) electrons. The van der Waals surface area contributed by atoms with Gasteiger partial charge in [0.05, 0.1) is 0 Å². The maximum absolute atomic E-state index is 4.34. The summed E-state index contributed by atoms with van der Waals surface area (Å²) in [7, 11) is 5.96. The number of likely N-dealkylation sites (tertiary alicyclic amines) is 1. The number of nitrogens with zero attached hydrogens (tertiary/aromatic N) is 3. The molecule has 24 heavy (non-hydrogen) atoms. The Balaban J connectivity index is 0.00000288. The number of nitrogens with one attached hydrogen (secondary N) is 2. The highest BCUT2D eigenvalue weighted by atomic mass is 127. The molecule has 0 aliphatic carbocycles. The van der Waals surface area contributed by atoms with Gasteiger partial charge in [-0.15, -0.1) is 24.0 Å². The third-order valence-corrected chi connectivity index (χ3v) is 4.52. The summed E-state index contributed by atoms with van der Waals surface area (Å²) in [5, 5.41) is 6.88. The molecule has 5 nitrogen and oxygen atoms in total. The summed E-state index contributed by atoms with van der Waals surface area (Å²) in [5.41, 5.74) is 2.48. The molecule has 6 heteroatoms. The van der Waals surface area contributed by atoms with Crippen LogP contribution in [0, 0.1) is 0 Å². The Labute approximate surface area is 163 Å². The molecule has 136 valence electrons. The van der Waals surface area contributed by atoms with E-state index >= 15 is 0 Å². The van der Waals surface area contributed by atoms with E-state index in [0.29, 0.717) is 6.04 Å². The molecule has 1 atom stereocenters. The monoisotopic (exact) mass is 445 g/mol. The average molecular weight is 445 g/mol. The fourth-order valence-electron chi connectivity index (χ4n) is 3.11. The second kappa shape index (κ2) is 10.8. The van der Waals surface area contributed by atoms with Crippen LogP contribution in [0.3, 0.4) is 0 Å². The van der Waals surface area contributed by atoms with Crippen molar-refractivity contribution in [2.24, 2.45) is 4.99 Å².